The average molecular weight is 316 g/mol. The normalized spacial score (nSPS) is 19.1. The summed E-state index contributed by atoms with van der Waals surface area (Å²) < 4.78 is 5.39. The van der Waals surface area contributed by atoms with Crippen LogP contribution in [0.1, 0.15) is 37.7 Å². The number of nitrogens with zero attached hydrogens (tertiary/aromatic N) is 2. The summed E-state index contributed by atoms with van der Waals surface area (Å²) in [6.07, 6.45) is 5.78. The number of rotatable bonds is 5. The van der Waals surface area contributed by atoms with Crippen molar-refractivity contribution in [2.75, 3.05) is 38.3 Å². The smallest absolute Gasteiger partial charge is 0.222 e. The first kappa shape index (κ1) is 16.3. The van der Waals surface area contributed by atoms with E-state index >= 15 is 0 Å². The molecule has 3 rings (SSSR count). The molecule has 0 N–H and O–H groups in total. The van der Waals surface area contributed by atoms with Crippen molar-refractivity contribution in [3.05, 3.63) is 29.8 Å². The molecule has 1 aromatic carbocycles. The van der Waals surface area contributed by atoms with Crippen LogP contribution in [-0.2, 0) is 16.1 Å². The summed E-state index contributed by atoms with van der Waals surface area (Å²) in [5.74, 6) is 0.905. The Morgan fingerprint density at radius 2 is 1.83 bits per heavy atom. The lowest BCUT2D eigenvalue weighted by atomic mass is 10.0. The van der Waals surface area contributed by atoms with Crippen molar-refractivity contribution in [1.82, 2.24) is 4.90 Å². The lowest BCUT2D eigenvalue weighted by Gasteiger charge is -2.29. The van der Waals surface area contributed by atoms with Crippen LogP contribution >= 0.6 is 0 Å². The van der Waals surface area contributed by atoms with E-state index in [2.05, 4.69) is 29.2 Å². The number of amides is 1. The third-order valence-electron chi connectivity index (χ3n) is 5.10. The van der Waals surface area contributed by atoms with Gasteiger partial charge in [0, 0.05) is 38.8 Å². The summed E-state index contributed by atoms with van der Waals surface area (Å²) in [7, 11) is 1.92. The Bertz CT molecular complexity index is 503. The molecule has 23 heavy (non-hydrogen) atoms. The second-order valence-corrected chi connectivity index (χ2v) is 6.87. The minimum atomic E-state index is 0.286. The largest absolute Gasteiger partial charge is 0.378 e. The van der Waals surface area contributed by atoms with Crippen LogP contribution in [0.4, 0.5) is 5.69 Å². The molecule has 0 aromatic heterocycles. The van der Waals surface area contributed by atoms with Crippen LogP contribution < -0.4 is 4.90 Å². The predicted octanol–water partition coefficient (Wildman–Crippen LogP) is 3.06. The van der Waals surface area contributed by atoms with Crippen molar-refractivity contribution >= 4 is 11.6 Å². The Morgan fingerprint density at radius 3 is 2.48 bits per heavy atom. The van der Waals surface area contributed by atoms with Crippen LogP contribution in [0.15, 0.2) is 24.3 Å². The zero-order valence-electron chi connectivity index (χ0n) is 14.2. The first-order chi connectivity index (χ1) is 11.2. The molecule has 1 amide bonds. The zero-order chi connectivity index (χ0) is 16.1. The lowest BCUT2D eigenvalue weighted by Crippen LogP contribution is -2.36. The maximum absolute atomic E-state index is 12.3. The van der Waals surface area contributed by atoms with Crippen LogP contribution in [0.3, 0.4) is 0 Å². The third kappa shape index (κ3) is 4.47. The fourth-order valence-electron chi connectivity index (χ4n) is 3.61. The standard InChI is InChI=1S/C19H28N2O2/c1-20(19(22)14-16-4-2-3-5-16)15-17-6-8-18(9-7-17)21-10-12-23-13-11-21/h6-9,16H,2-5,10-15H2,1H3. The van der Waals surface area contributed by atoms with Gasteiger partial charge >= 0.3 is 0 Å². The van der Waals surface area contributed by atoms with Gasteiger partial charge in [-0.05, 0) is 36.5 Å². The number of hydrogen-bond acceptors (Lipinski definition) is 3. The van der Waals surface area contributed by atoms with Crippen LogP contribution in [0.25, 0.3) is 0 Å². The fourth-order valence-corrected chi connectivity index (χ4v) is 3.61. The van der Waals surface area contributed by atoms with E-state index in [9.17, 15) is 4.79 Å². The molecular formula is C19H28N2O2. The van der Waals surface area contributed by atoms with E-state index < -0.39 is 0 Å². The Labute approximate surface area is 139 Å². The highest BCUT2D eigenvalue weighted by Crippen LogP contribution is 2.28. The maximum atomic E-state index is 12.3. The Kier molecular flexibility index (Phi) is 5.55. The van der Waals surface area contributed by atoms with Gasteiger partial charge in [-0.1, -0.05) is 25.0 Å². The van der Waals surface area contributed by atoms with E-state index in [0.29, 0.717) is 12.5 Å². The molecular weight excluding hydrogens is 288 g/mol. The fraction of sp³-hybridized carbons (Fsp3) is 0.632. The summed E-state index contributed by atoms with van der Waals surface area (Å²) in [5, 5.41) is 0. The monoisotopic (exact) mass is 316 g/mol. The van der Waals surface area contributed by atoms with Crippen LogP contribution in [-0.4, -0.2) is 44.2 Å². The van der Waals surface area contributed by atoms with E-state index in [1.807, 2.05) is 11.9 Å². The highest BCUT2D eigenvalue weighted by molar-refractivity contribution is 5.76. The molecule has 1 saturated carbocycles. The summed E-state index contributed by atoms with van der Waals surface area (Å²) in [6.45, 7) is 4.23. The SMILES string of the molecule is CN(Cc1ccc(N2CCOCC2)cc1)C(=O)CC1CCCC1. The van der Waals surface area contributed by atoms with Crippen LogP contribution in [0, 0.1) is 5.92 Å². The molecule has 1 aliphatic heterocycles. The second kappa shape index (κ2) is 7.82. The van der Waals surface area contributed by atoms with Gasteiger partial charge in [-0.2, -0.15) is 0 Å². The molecule has 0 radical (unpaired) electrons. The van der Waals surface area contributed by atoms with E-state index in [4.69, 9.17) is 4.74 Å². The van der Waals surface area contributed by atoms with Crippen molar-refractivity contribution in [3.8, 4) is 0 Å². The Morgan fingerprint density at radius 1 is 1.17 bits per heavy atom. The van der Waals surface area contributed by atoms with Gasteiger partial charge in [0.25, 0.3) is 0 Å². The van der Waals surface area contributed by atoms with E-state index in [0.717, 1.165) is 32.7 Å². The molecule has 1 aliphatic carbocycles. The summed E-state index contributed by atoms with van der Waals surface area (Å²) in [4.78, 5) is 16.5. The number of hydrogen-bond donors (Lipinski definition) is 0. The molecule has 1 heterocycles. The van der Waals surface area contributed by atoms with Gasteiger partial charge in [0.1, 0.15) is 0 Å². The minimum absolute atomic E-state index is 0.286. The predicted molar refractivity (Wildman–Crippen MR) is 92.5 cm³/mol. The number of ether oxygens (including phenoxy) is 1. The topological polar surface area (TPSA) is 32.8 Å². The molecule has 4 heteroatoms. The van der Waals surface area contributed by atoms with E-state index in [1.165, 1.54) is 36.9 Å². The number of carbonyl (C=O) groups is 1. The molecule has 126 valence electrons. The maximum Gasteiger partial charge on any atom is 0.222 e. The molecule has 2 fully saturated rings. The van der Waals surface area contributed by atoms with Crippen LogP contribution in [0.5, 0.6) is 0 Å². The quantitative estimate of drug-likeness (QED) is 0.837. The molecule has 4 nitrogen and oxygen atoms in total. The van der Waals surface area contributed by atoms with Gasteiger partial charge in [0.05, 0.1) is 13.2 Å². The first-order valence-electron chi connectivity index (χ1n) is 8.88. The Hall–Kier alpha value is -1.55. The highest BCUT2D eigenvalue weighted by Gasteiger charge is 2.20. The number of benzene rings is 1. The summed E-state index contributed by atoms with van der Waals surface area (Å²) >= 11 is 0. The van der Waals surface area contributed by atoms with Crippen molar-refractivity contribution in [2.45, 2.75) is 38.6 Å². The zero-order valence-corrected chi connectivity index (χ0v) is 14.2. The summed E-state index contributed by atoms with van der Waals surface area (Å²) in [5.41, 5.74) is 2.45. The first-order valence-corrected chi connectivity index (χ1v) is 8.88. The lowest BCUT2D eigenvalue weighted by molar-refractivity contribution is -0.131. The second-order valence-electron chi connectivity index (χ2n) is 6.87. The highest BCUT2D eigenvalue weighted by atomic mass is 16.5. The van der Waals surface area contributed by atoms with Crippen molar-refractivity contribution in [3.63, 3.8) is 0 Å². The number of anilines is 1. The van der Waals surface area contributed by atoms with Gasteiger partial charge in [0.15, 0.2) is 0 Å². The molecule has 1 saturated heterocycles. The Balaban J connectivity index is 1.51. The average Bonchev–Trinajstić information content (AvgIpc) is 3.09. The molecule has 0 unspecified atom stereocenters. The molecule has 0 bridgehead atoms. The van der Waals surface area contributed by atoms with E-state index in [1.54, 1.807) is 0 Å². The minimum Gasteiger partial charge on any atom is -0.378 e. The van der Waals surface area contributed by atoms with Crippen molar-refractivity contribution in [1.29, 1.82) is 0 Å². The van der Waals surface area contributed by atoms with Gasteiger partial charge in [0.2, 0.25) is 5.91 Å². The molecule has 2 aliphatic rings. The molecule has 0 atom stereocenters. The van der Waals surface area contributed by atoms with Crippen molar-refractivity contribution in [2.24, 2.45) is 5.92 Å². The molecule has 1 aromatic rings. The number of morpholine rings is 1. The third-order valence-corrected chi connectivity index (χ3v) is 5.10. The van der Waals surface area contributed by atoms with Crippen LogP contribution in [0.2, 0.25) is 0 Å². The van der Waals surface area contributed by atoms with Gasteiger partial charge in [-0.3, -0.25) is 4.79 Å². The molecule has 0 spiro atoms. The van der Waals surface area contributed by atoms with E-state index in [-0.39, 0.29) is 5.91 Å². The summed E-state index contributed by atoms with van der Waals surface area (Å²) in [6, 6.07) is 8.61. The van der Waals surface area contributed by atoms with Gasteiger partial charge in [-0.15, -0.1) is 0 Å². The number of carbonyl (C=O) groups excluding carboxylic acids is 1. The van der Waals surface area contributed by atoms with Gasteiger partial charge < -0.3 is 14.5 Å². The van der Waals surface area contributed by atoms with Gasteiger partial charge in [-0.25, -0.2) is 0 Å². The van der Waals surface area contributed by atoms with Crippen molar-refractivity contribution < 1.29 is 9.53 Å².